The zero-order valence-electron chi connectivity index (χ0n) is 9.47. The molecule has 1 N–H and O–H groups in total. The Balaban J connectivity index is 2.49. The normalized spacial score (nSPS) is 20.1. The summed E-state index contributed by atoms with van der Waals surface area (Å²) in [6, 6.07) is 3.99. The van der Waals surface area contributed by atoms with Gasteiger partial charge >= 0.3 is 6.18 Å². The molecule has 0 fully saturated rings. The molecule has 1 unspecified atom stereocenters. The van der Waals surface area contributed by atoms with Crippen LogP contribution in [0, 0.1) is 0 Å². The molecule has 1 aliphatic rings. The van der Waals surface area contributed by atoms with Crippen LogP contribution in [0.1, 0.15) is 22.7 Å². The zero-order chi connectivity index (χ0) is 12.5. The zero-order valence-corrected chi connectivity index (χ0v) is 9.47. The van der Waals surface area contributed by atoms with Crippen LogP contribution in [0.2, 0.25) is 0 Å². The number of alkyl halides is 3. The van der Waals surface area contributed by atoms with Crippen LogP contribution < -0.4 is 5.32 Å². The number of ether oxygens (including phenoxy) is 1. The van der Waals surface area contributed by atoms with E-state index in [-0.39, 0.29) is 12.6 Å². The van der Waals surface area contributed by atoms with Crippen LogP contribution in [0.25, 0.3) is 0 Å². The average Bonchev–Trinajstić information content (AvgIpc) is 2.28. The molecule has 5 heteroatoms. The van der Waals surface area contributed by atoms with Gasteiger partial charge < -0.3 is 10.1 Å². The first-order valence-corrected chi connectivity index (χ1v) is 5.45. The third-order valence-electron chi connectivity index (χ3n) is 2.97. The lowest BCUT2D eigenvalue weighted by molar-refractivity contribution is -0.138. The van der Waals surface area contributed by atoms with Crippen LogP contribution in [0.15, 0.2) is 18.2 Å². The number of nitrogens with one attached hydrogen (secondary N) is 1. The molecule has 0 radical (unpaired) electrons. The number of rotatable bonds is 2. The number of benzene rings is 1. The highest BCUT2D eigenvalue weighted by molar-refractivity contribution is 5.41. The Hall–Kier alpha value is -1.07. The van der Waals surface area contributed by atoms with Gasteiger partial charge in [0.05, 0.1) is 18.2 Å². The maximum absolute atomic E-state index is 12.9. The Kier molecular flexibility index (Phi) is 3.40. The lowest BCUT2D eigenvalue weighted by Crippen LogP contribution is -2.34. The van der Waals surface area contributed by atoms with E-state index in [1.807, 2.05) is 0 Å². The molecule has 0 saturated carbocycles. The summed E-state index contributed by atoms with van der Waals surface area (Å²) >= 11 is 0. The summed E-state index contributed by atoms with van der Waals surface area (Å²) in [6.07, 6.45) is -3.68. The Labute approximate surface area is 97.8 Å². The van der Waals surface area contributed by atoms with Crippen molar-refractivity contribution in [3.63, 3.8) is 0 Å². The average molecular weight is 245 g/mol. The second-order valence-corrected chi connectivity index (χ2v) is 4.09. The monoisotopic (exact) mass is 245 g/mol. The minimum Gasteiger partial charge on any atom is -0.383 e. The van der Waals surface area contributed by atoms with E-state index in [1.54, 1.807) is 6.07 Å². The van der Waals surface area contributed by atoms with Crippen molar-refractivity contribution in [2.24, 2.45) is 0 Å². The minimum absolute atomic E-state index is 0.250. The lowest BCUT2D eigenvalue weighted by Gasteiger charge is -2.29. The first-order chi connectivity index (χ1) is 8.04. The Morgan fingerprint density at radius 1 is 1.41 bits per heavy atom. The summed E-state index contributed by atoms with van der Waals surface area (Å²) in [5, 5.41) is 3.06. The number of hydrogen-bond donors (Lipinski definition) is 1. The van der Waals surface area contributed by atoms with Crippen molar-refractivity contribution in [3.8, 4) is 0 Å². The number of methoxy groups -OCH3 is 1. The van der Waals surface area contributed by atoms with Crippen molar-refractivity contribution in [2.75, 3.05) is 20.3 Å². The summed E-state index contributed by atoms with van der Waals surface area (Å²) in [7, 11) is 1.49. The number of fused-ring (bicyclic) bond motifs is 1. The Morgan fingerprint density at radius 3 is 2.82 bits per heavy atom. The van der Waals surface area contributed by atoms with Gasteiger partial charge in [-0.25, -0.2) is 0 Å². The largest absolute Gasteiger partial charge is 0.416 e. The molecular weight excluding hydrogens is 231 g/mol. The molecule has 17 heavy (non-hydrogen) atoms. The summed E-state index contributed by atoms with van der Waals surface area (Å²) in [5.41, 5.74) is 0.554. The quantitative estimate of drug-likeness (QED) is 0.864. The van der Waals surface area contributed by atoms with Crippen molar-refractivity contribution in [3.05, 3.63) is 34.9 Å². The van der Waals surface area contributed by atoms with Gasteiger partial charge in [0, 0.05) is 7.11 Å². The molecule has 2 nitrogen and oxygen atoms in total. The van der Waals surface area contributed by atoms with Crippen LogP contribution in [-0.4, -0.2) is 20.3 Å². The molecule has 2 rings (SSSR count). The fourth-order valence-electron chi connectivity index (χ4n) is 2.28. The molecule has 0 amide bonds. The van der Waals surface area contributed by atoms with Gasteiger partial charge in [-0.2, -0.15) is 13.2 Å². The van der Waals surface area contributed by atoms with E-state index in [0.717, 1.165) is 11.6 Å². The van der Waals surface area contributed by atoms with Crippen molar-refractivity contribution < 1.29 is 17.9 Å². The molecule has 0 aromatic heterocycles. The van der Waals surface area contributed by atoms with Crippen molar-refractivity contribution >= 4 is 0 Å². The molecule has 0 saturated heterocycles. The number of hydrogen-bond acceptors (Lipinski definition) is 2. The van der Waals surface area contributed by atoms with Crippen molar-refractivity contribution in [1.82, 2.24) is 5.32 Å². The third kappa shape index (κ3) is 2.45. The molecule has 1 atom stereocenters. The molecule has 1 aromatic rings. The van der Waals surface area contributed by atoms with Gasteiger partial charge in [-0.15, -0.1) is 0 Å². The van der Waals surface area contributed by atoms with Gasteiger partial charge in [-0.05, 0) is 30.2 Å². The van der Waals surface area contributed by atoms with Gasteiger partial charge in [0.15, 0.2) is 0 Å². The first-order valence-electron chi connectivity index (χ1n) is 5.45. The molecule has 0 bridgehead atoms. The van der Waals surface area contributed by atoms with Crippen LogP contribution in [0.3, 0.4) is 0 Å². The summed E-state index contributed by atoms with van der Waals surface area (Å²) in [5.74, 6) is 0. The smallest absolute Gasteiger partial charge is 0.383 e. The van der Waals surface area contributed by atoms with E-state index in [4.69, 9.17) is 4.74 Å². The van der Waals surface area contributed by atoms with Crippen LogP contribution >= 0.6 is 0 Å². The summed E-state index contributed by atoms with van der Waals surface area (Å²) < 4.78 is 43.7. The fraction of sp³-hybridized carbons (Fsp3) is 0.500. The summed E-state index contributed by atoms with van der Waals surface area (Å²) in [6.45, 7) is 0.933. The predicted octanol–water partition coefficient (Wildman–Crippen LogP) is 2.54. The van der Waals surface area contributed by atoms with E-state index in [0.29, 0.717) is 18.5 Å². The van der Waals surface area contributed by atoms with Gasteiger partial charge in [0.25, 0.3) is 0 Å². The van der Waals surface area contributed by atoms with Crippen molar-refractivity contribution in [2.45, 2.75) is 18.6 Å². The van der Waals surface area contributed by atoms with E-state index in [1.165, 1.54) is 13.2 Å². The topological polar surface area (TPSA) is 21.3 Å². The Bertz CT molecular complexity index is 403. The second-order valence-electron chi connectivity index (χ2n) is 4.09. The molecule has 1 heterocycles. The molecular formula is C12H14F3NO. The van der Waals surface area contributed by atoms with Gasteiger partial charge in [-0.1, -0.05) is 12.1 Å². The molecule has 0 aliphatic carbocycles. The maximum atomic E-state index is 12.9. The van der Waals surface area contributed by atoms with Gasteiger partial charge in [0.2, 0.25) is 0 Å². The van der Waals surface area contributed by atoms with E-state index >= 15 is 0 Å². The van der Waals surface area contributed by atoms with Gasteiger partial charge in [-0.3, -0.25) is 0 Å². The van der Waals surface area contributed by atoms with Crippen LogP contribution in [0.4, 0.5) is 13.2 Å². The lowest BCUT2D eigenvalue weighted by atomic mass is 9.90. The minimum atomic E-state index is -4.31. The van der Waals surface area contributed by atoms with Crippen LogP contribution in [0.5, 0.6) is 0 Å². The summed E-state index contributed by atoms with van der Waals surface area (Å²) in [4.78, 5) is 0. The third-order valence-corrected chi connectivity index (χ3v) is 2.97. The first kappa shape index (κ1) is 12.4. The molecule has 94 valence electrons. The van der Waals surface area contributed by atoms with E-state index in [2.05, 4.69) is 5.32 Å². The van der Waals surface area contributed by atoms with Crippen LogP contribution in [-0.2, 0) is 17.3 Å². The molecule has 1 aliphatic heterocycles. The SMILES string of the molecule is COCC1NCCc2cccc(C(F)(F)F)c21. The Morgan fingerprint density at radius 2 is 2.18 bits per heavy atom. The van der Waals surface area contributed by atoms with E-state index in [9.17, 15) is 13.2 Å². The second kappa shape index (κ2) is 4.66. The highest BCUT2D eigenvalue weighted by Gasteiger charge is 2.37. The van der Waals surface area contributed by atoms with Crippen molar-refractivity contribution in [1.29, 1.82) is 0 Å². The highest BCUT2D eigenvalue weighted by atomic mass is 19.4. The predicted molar refractivity (Wildman–Crippen MR) is 57.8 cm³/mol. The molecule has 1 aromatic carbocycles. The maximum Gasteiger partial charge on any atom is 0.416 e. The van der Waals surface area contributed by atoms with E-state index < -0.39 is 11.7 Å². The molecule has 0 spiro atoms. The number of halogens is 3. The highest BCUT2D eigenvalue weighted by Crippen LogP contribution is 2.37. The standard InChI is InChI=1S/C12H14F3NO/c1-17-7-10-11-8(5-6-16-10)3-2-4-9(11)12(13,14)15/h2-4,10,16H,5-7H2,1H3. The fourth-order valence-corrected chi connectivity index (χ4v) is 2.28. The van der Waals surface area contributed by atoms with Gasteiger partial charge in [0.1, 0.15) is 0 Å².